The number of amides is 4. The molecule has 12 aliphatic rings. The van der Waals surface area contributed by atoms with Crippen molar-refractivity contribution in [2.75, 3.05) is 93.3 Å². The first-order chi connectivity index (χ1) is 68.0. The van der Waals surface area contributed by atoms with Crippen LogP contribution < -0.4 is 18.9 Å². The number of nitrogens with one attached hydrogen (secondary N) is 3. The molecule has 4 amide bonds. The summed E-state index contributed by atoms with van der Waals surface area (Å²) in [5, 5.41) is 2.17. The number of fused-ring (bicyclic) bond motifs is 4. The number of hydrogen-bond acceptors (Lipinski definition) is 31. The topological polar surface area (TPSA) is 460 Å². The first-order valence-corrected chi connectivity index (χ1v) is 61.8. The summed E-state index contributed by atoms with van der Waals surface area (Å²) in [6, 6.07) is 6.39. The minimum Gasteiger partial charge on any atom is -0.497 e. The lowest BCUT2D eigenvalue weighted by molar-refractivity contribution is -0.120. The second-order valence-corrected chi connectivity index (χ2v) is 54.7. The fourth-order valence-electron chi connectivity index (χ4n) is 23.5. The molecule has 8 aliphatic carbocycles. The molecule has 144 heavy (non-hydrogen) atoms. The van der Waals surface area contributed by atoms with E-state index < -0.39 is 121 Å². The molecule has 3 N–H and O–H groups in total. The zero-order valence-electron chi connectivity index (χ0n) is 84.9. The van der Waals surface area contributed by atoms with Gasteiger partial charge in [-0.05, 0) is 203 Å². The molecule has 8 saturated carbocycles. The standard InChI is InChI=1S/C23H40N2O6SSi.3C20H29ClN4O5S.C11H11ClN2O.CH3FS/c1-8-33(9-2,10-3)31-17-22-21(15-18(4)25(22)23(26)30-6)24(32(7,27)28)16-19-11-13-20(29-5)14-12-19;3*1-12-6-16(24-31(3,27)28)17(25(12)19(26)29-2)11-30-15-4-5-20(8-13(20)7-15)18-22-9-14(21)10-23-18;12-8-5-13-10(14-6-8)11-2-1-9(15)3-7(11)4-11;1-3-2/h11-14,18,21-22H,8-10,15-17H2,1-7H3;3*9-10,12-13,15-17,24H,4-8,11H2,1-3H3;5-7H,1-4H2;1H3/t18-,21+,22+;12-,13?,15?,16+,17+,20?;12-,13+,15-,16+,17+,20+;12-,13-,15+,16+,17+,20-;;/m1111../s1. The molecular weight excluding hydrogens is 2070 g/mol. The molecule has 8 heterocycles. The number of benzene rings is 1. The van der Waals surface area contributed by atoms with Crippen molar-refractivity contribution in [3.8, 4) is 5.75 Å². The number of likely N-dealkylation sites (tertiary alicyclic amines) is 4. The minimum absolute atomic E-state index is 0.0325. The average Bonchev–Trinajstić information content (AvgIpc) is 1.57. The van der Waals surface area contributed by atoms with Crippen LogP contribution >= 0.6 is 58.6 Å². The molecule has 5 aromatic rings. The lowest BCUT2D eigenvalue weighted by Gasteiger charge is -2.37. The van der Waals surface area contributed by atoms with E-state index in [2.05, 4.69) is 74.8 Å². The molecule has 0 bridgehead atoms. The van der Waals surface area contributed by atoms with Crippen LogP contribution in [0.3, 0.4) is 0 Å². The summed E-state index contributed by atoms with van der Waals surface area (Å²) in [6.45, 7) is 15.3. The van der Waals surface area contributed by atoms with Gasteiger partial charge in [0.05, 0.1) is 150 Å². The van der Waals surface area contributed by atoms with Crippen molar-refractivity contribution in [1.82, 2.24) is 77.9 Å². The van der Waals surface area contributed by atoms with Gasteiger partial charge < -0.3 is 42.3 Å². The first-order valence-electron chi connectivity index (χ1n) is 49.1. The fraction of sp³-hybridized carbons (Fsp3) is 0.716. The van der Waals surface area contributed by atoms with Crippen LogP contribution in [0.1, 0.15) is 206 Å². The summed E-state index contributed by atoms with van der Waals surface area (Å²) in [5.41, 5.74) is 1.06. The van der Waals surface area contributed by atoms with E-state index in [9.17, 15) is 61.5 Å². The van der Waals surface area contributed by atoms with Crippen LogP contribution in [0.25, 0.3) is 0 Å². The number of aromatic nitrogens is 8. The molecule has 38 nitrogen and oxygen atoms in total. The lowest BCUT2D eigenvalue weighted by atomic mass is 9.86. The Balaban J connectivity index is 0.000000162. The Morgan fingerprint density at radius 2 is 0.743 bits per heavy atom. The number of Topliss-reactive ketones (excluding diaryl/α,β-unsaturated/α-hetero) is 1. The van der Waals surface area contributed by atoms with Crippen molar-refractivity contribution in [3.05, 3.63) is 123 Å². The fourth-order valence-corrected chi connectivity index (χ4v) is 30.1. The van der Waals surface area contributed by atoms with E-state index in [0.29, 0.717) is 100 Å². The zero-order valence-corrected chi connectivity index (χ0v) is 93.0. The summed E-state index contributed by atoms with van der Waals surface area (Å²) in [6.07, 6.45) is 34.2. The second kappa shape index (κ2) is 49.1. The van der Waals surface area contributed by atoms with Crippen molar-refractivity contribution in [3.63, 3.8) is 0 Å². The number of sulfonamides is 4. The Bertz CT molecular complexity index is 5310. The molecule has 0 radical (unpaired) electrons. The van der Waals surface area contributed by atoms with Crippen molar-refractivity contribution in [2.45, 2.75) is 314 Å². The van der Waals surface area contributed by atoms with Crippen LogP contribution in [-0.2, 0) is 111 Å². The molecule has 4 aliphatic heterocycles. The molecule has 4 aromatic heterocycles. The van der Waals surface area contributed by atoms with Gasteiger partial charge in [0.15, 0.2) is 8.32 Å². The number of ether oxygens (including phenoxy) is 8. The molecule has 23 atom stereocenters. The van der Waals surface area contributed by atoms with Gasteiger partial charge in [0.2, 0.25) is 40.1 Å². The van der Waals surface area contributed by atoms with Crippen molar-refractivity contribution in [1.29, 1.82) is 0 Å². The van der Waals surface area contributed by atoms with Gasteiger partial charge in [-0.25, -0.2) is 107 Å². The van der Waals surface area contributed by atoms with Gasteiger partial charge in [-0.15, -0.1) is 0 Å². The number of methoxy groups -OCH3 is 5. The SMILES string of the molecule is CC[Si](CC)(CC)OC[C@H]1[C@@H](N(Cc2ccc(OC)cc2)S(C)(=O)=O)C[C@@H](C)N1C(=O)OC.COC(=O)N1[C@H](C)C[C@H](NS(C)(=O)=O)[C@@H]1COC1CCC2(c3ncc(Cl)cn3)CC2C1.COC(=O)N1[C@H](C)C[C@H](NS(C)(=O)=O)[C@@H]1CO[C@@H]1CC[C@]2(c3ncc(Cl)cn3)C[C@@H]2C1.COC(=O)N1[C@H](C)C[C@H](NS(C)(=O)=O)[C@@H]1CO[C@H]1CC[C@@]2(c3ncc(Cl)cn3)C[C@H]2C1.CSF.O=C1CCC2(c3ncc(Cl)cn3)CC2C1. The monoisotopic (exact) mass is 2200 g/mol. The highest BCUT2D eigenvalue weighted by molar-refractivity contribution is 7.93. The highest BCUT2D eigenvalue weighted by Gasteiger charge is 2.64. The van der Waals surface area contributed by atoms with E-state index in [-0.39, 0.29) is 103 Å². The number of nitrogens with zero attached hydrogens (tertiary/aromatic N) is 13. The summed E-state index contributed by atoms with van der Waals surface area (Å²) in [4.78, 5) is 103. The predicted octanol–water partition coefficient (Wildman–Crippen LogP) is 13.8. The van der Waals surface area contributed by atoms with Gasteiger partial charge in [0.1, 0.15) is 34.8 Å². The number of halogens is 5. The highest BCUT2D eigenvalue weighted by Crippen LogP contribution is 2.65. The van der Waals surface area contributed by atoms with E-state index >= 15 is 0 Å². The molecule has 17 rings (SSSR count). The van der Waals surface area contributed by atoms with Crippen LogP contribution in [0.4, 0.5) is 23.1 Å². The number of rotatable bonds is 30. The molecule has 4 saturated heterocycles. The third-order valence-corrected chi connectivity index (χ3v) is 40.2. The van der Waals surface area contributed by atoms with E-state index in [0.717, 1.165) is 156 Å². The van der Waals surface area contributed by atoms with E-state index in [1.165, 1.54) is 45.3 Å². The van der Waals surface area contributed by atoms with Crippen molar-refractivity contribution in [2.24, 2.45) is 23.7 Å². The zero-order chi connectivity index (χ0) is 105. The van der Waals surface area contributed by atoms with Crippen LogP contribution in [0.5, 0.6) is 5.75 Å². The highest BCUT2D eigenvalue weighted by atomic mass is 35.5. The summed E-state index contributed by atoms with van der Waals surface area (Å²) < 4.78 is 167. The molecule has 1 aromatic carbocycles. The van der Waals surface area contributed by atoms with Gasteiger partial charge in [-0.2, -0.15) is 8.19 Å². The van der Waals surface area contributed by atoms with Crippen LogP contribution in [0.15, 0.2) is 73.8 Å². The van der Waals surface area contributed by atoms with Gasteiger partial charge in [-0.3, -0.25) is 24.4 Å². The summed E-state index contributed by atoms with van der Waals surface area (Å²) in [5.74, 6) is 6.45. The molecule has 49 heteroatoms. The van der Waals surface area contributed by atoms with Gasteiger partial charge in [-0.1, -0.05) is 79.3 Å². The Morgan fingerprint density at radius 1 is 0.451 bits per heavy atom. The Labute approximate surface area is 872 Å². The van der Waals surface area contributed by atoms with E-state index in [1.54, 1.807) is 76.3 Å². The molecule has 802 valence electrons. The van der Waals surface area contributed by atoms with Gasteiger partial charge in [0.25, 0.3) is 0 Å². The molecule has 0 spiro atoms. The molecule has 5 unspecified atom stereocenters. The maximum atomic E-state index is 12.9. The molecular formula is C95H141Cl4FN16O22S5Si. The normalized spacial score (nSPS) is 31.1. The maximum Gasteiger partial charge on any atom is 0.410 e. The number of hydrogen-bond donors (Lipinski definition) is 3. The minimum atomic E-state index is -3.57. The maximum absolute atomic E-state index is 12.9. The third kappa shape index (κ3) is 28.5. The van der Waals surface area contributed by atoms with Crippen LogP contribution in [-0.4, -0.2) is 320 Å². The number of carbonyl (C=O) groups excluding carboxylic acids is 5. The van der Waals surface area contributed by atoms with Gasteiger partial charge >= 0.3 is 24.4 Å². The largest absolute Gasteiger partial charge is 0.497 e. The van der Waals surface area contributed by atoms with Crippen LogP contribution in [0, 0.1) is 23.7 Å². The predicted molar refractivity (Wildman–Crippen MR) is 546 cm³/mol. The molecule has 12 fully saturated rings. The van der Waals surface area contributed by atoms with Gasteiger partial charge in [0, 0.05) is 157 Å². The Morgan fingerprint density at radius 3 is 1.01 bits per heavy atom. The Kier molecular flexibility index (Phi) is 39.5. The second-order valence-electron chi connectivity index (χ2n) is 40.6. The average molecular weight is 2210 g/mol. The Hall–Kier alpha value is -6.77. The van der Waals surface area contributed by atoms with Crippen molar-refractivity contribution < 1.29 is 104 Å². The van der Waals surface area contributed by atoms with Crippen LogP contribution in [0.2, 0.25) is 38.2 Å². The van der Waals surface area contributed by atoms with E-state index in [1.807, 2.05) is 52.0 Å². The lowest BCUT2D eigenvalue weighted by Crippen LogP contribution is -2.53. The summed E-state index contributed by atoms with van der Waals surface area (Å²) >= 11 is 23.8. The van der Waals surface area contributed by atoms with Crippen molar-refractivity contribution >= 4 is 137 Å². The number of carbonyl (C=O) groups is 5. The third-order valence-electron chi connectivity index (χ3n) is 31.4. The number of ketones is 1. The quantitative estimate of drug-likeness (QED) is 0.0284. The summed E-state index contributed by atoms with van der Waals surface area (Å²) in [7, 11) is -8.81. The van der Waals surface area contributed by atoms with E-state index in [4.69, 9.17) is 88.7 Å². The smallest absolute Gasteiger partial charge is 0.410 e. The first kappa shape index (κ1) is 116.